The third-order valence-corrected chi connectivity index (χ3v) is 6.97. The van der Waals surface area contributed by atoms with Crippen LogP contribution in [0.1, 0.15) is 42.4 Å². The van der Waals surface area contributed by atoms with Crippen LogP contribution in [0.4, 0.5) is 0 Å². The maximum Gasteiger partial charge on any atom is 0.261 e. The molecule has 1 aliphatic rings. The molecule has 5 nitrogen and oxygen atoms in total. The topological polar surface area (TPSA) is 58.6 Å². The van der Waals surface area contributed by atoms with Crippen molar-refractivity contribution < 1.29 is 14.3 Å². The van der Waals surface area contributed by atoms with Gasteiger partial charge in [0.05, 0.1) is 0 Å². The predicted molar refractivity (Wildman–Crippen MR) is 143 cm³/mol. The second kappa shape index (κ2) is 12.6. The molecule has 2 amide bonds. The van der Waals surface area contributed by atoms with Crippen LogP contribution in [0.15, 0.2) is 78.9 Å². The summed E-state index contributed by atoms with van der Waals surface area (Å²) in [6, 6.07) is 24.3. The van der Waals surface area contributed by atoms with Crippen LogP contribution in [0.25, 0.3) is 0 Å². The highest BCUT2D eigenvalue weighted by Gasteiger charge is 2.32. The van der Waals surface area contributed by atoms with E-state index in [-0.39, 0.29) is 24.5 Å². The second-order valence-electron chi connectivity index (χ2n) is 9.39. The van der Waals surface area contributed by atoms with Crippen LogP contribution in [0.2, 0.25) is 5.02 Å². The molecule has 0 aliphatic heterocycles. The molecule has 0 heterocycles. The fourth-order valence-corrected chi connectivity index (χ4v) is 4.86. The van der Waals surface area contributed by atoms with Gasteiger partial charge in [-0.05, 0) is 54.7 Å². The second-order valence-corrected chi connectivity index (χ2v) is 9.83. The summed E-state index contributed by atoms with van der Waals surface area (Å²) in [6.07, 6.45) is 4.62. The Labute approximate surface area is 218 Å². The van der Waals surface area contributed by atoms with E-state index >= 15 is 0 Å². The van der Waals surface area contributed by atoms with Gasteiger partial charge in [-0.3, -0.25) is 9.59 Å². The van der Waals surface area contributed by atoms with E-state index in [0.29, 0.717) is 23.7 Å². The fraction of sp³-hybridized carbons (Fsp3) is 0.333. The van der Waals surface area contributed by atoms with Crippen molar-refractivity contribution in [1.82, 2.24) is 10.2 Å². The van der Waals surface area contributed by atoms with Gasteiger partial charge in [0.2, 0.25) is 5.91 Å². The number of ether oxygens (including phenoxy) is 1. The van der Waals surface area contributed by atoms with Crippen LogP contribution in [-0.2, 0) is 22.6 Å². The normalized spacial score (nSPS) is 14.3. The molecule has 1 N–H and O–H groups in total. The number of amides is 2. The van der Waals surface area contributed by atoms with Gasteiger partial charge in [-0.2, -0.15) is 0 Å². The number of carbonyl (C=O) groups excluding carboxylic acids is 2. The maximum atomic E-state index is 13.7. The minimum Gasteiger partial charge on any atom is -0.484 e. The Bertz CT molecular complexity index is 1160. The fourth-order valence-electron chi connectivity index (χ4n) is 4.68. The number of rotatable bonds is 10. The van der Waals surface area contributed by atoms with Crippen LogP contribution in [0.5, 0.6) is 5.75 Å². The Morgan fingerprint density at radius 3 is 2.44 bits per heavy atom. The first-order valence-electron chi connectivity index (χ1n) is 12.6. The van der Waals surface area contributed by atoms with Crippen molar-refractivity contribution in [3.63, 3.8) is 0 Å². The van der Waals surface area contributed by atoms with Crippen LogP contribution in [-0.4, -0.2) is 35.4 Å². The summed E-state index contributed by atoms with van der Waals surface area (Å²) in [5.74, 6) is 0.151. The molecule has 1 fully saturated rings. The van der Waals surface area contributed by atoms with E-state index in [1.54, 1.807) is 29.2 Å². The smallest absolute Gasteiger partial charge is 0.261 e. The summed E-state index contributed by atoms with van der Waals surface area (Å²) >= 11 is 6.08. The van der Waals surface area contributed by atoms with E-state index < -0.39 is 6.04 Å². The van der Waals surface area contributed by atoms with Gasteiger partial charge in [0.1, 0.15) is 11.8 Å². The molecule has 188 valence electrons. The van der Waals surface area contributed by atoms with Gasteiger partial charge in [0.15, 0.2) is 6.61 Å². The lowest BCUT2D eigenvalue weighted by atomic mass is 10.0. The highest BCUT2D eigenvalue weighted by atomic mass is 35.5. The van der Waals surface area contributed by atoms with Gasteiger partial charge in [-0.15, -0.1) is 0 Å². The zero-order valence-corrected chi connectivity index (χ0v) is 21.4. The average molecular weight is 505 g/mol. The first kappa shape index (κ1) is 25.8. The van der Waals surface area contributed by atoms with E-state index in [1.165, 1.54) is 0 Å². The highest BCUT2D eigenvalue weighted by Crippen LogP contribution is 2.22. The minimum absolute atomic E-state index is 0.115. The molecular weight excluding hydrogens is 472 g/mol. The van der Waals surface area contributed by atoms with Crippen LogP contribution in [0.3, 0.4) is 0 Å². The summed E-state index contributed by atoms with van der Waals surface area (Å²) in [5.41, 5.74) is 3.07. The van der Waals surface area contributed by atoms with Gasteiger partial charge in [-0.1, -0.05) is 85.1 Å². The van der Waals surface area contributed by atoms with Crippen LogP contribution in [0, 0.1) is 6.92 Å². The zero-order chi connectivity index (χ0) is 25.3. The maximum absolute atomic E-state index is 13.7. The molecule has 6 heteroatoms. The molecule has 0 aromatic heterocycles. The largest absolute Gasteiger partial charge is 0.484 e. The Kier molecular flexibility index (Phi) is 9.01. The van der Waals surface area contributed by atoms with E-state index in [4.69, 9.17) is 16.3 Å². The molecule has 1 unspecified atom stereocenters. The first-order chi connectivity index (χ1) is 17.5. The molecule has 0 radical (unpaired) electrons. The van der Waals surface area contributed by atoms with E-state index in [1.807, 2.05) is 61.5 Å². The average Bonchev–Trinajstić information content (AvgIpc) is 3.39. The monoisotopic (exact) mass is 504 g/mol. The summed E-state index contributed by atoms with van der Waals surface area (Å²) in [6.45, 7) is 2.15. The van der Waals surface area contributed by atoms with Crippen LogP contribution >= 0.6 is 11.6 Å². The molecule has 1 aliphatic carbocycles. The molecule has 0 saturated heterocycles. The number of benzene rings is 3. The first-order valence-corrected chi connectivity index (χ1v) is 12.9. The summed E-state index contributed by atoms with van der Waals surface area (Å²) < 4.78 is 5.80. The van der Waals surface area contributed by atoms with Gasteiger partial charge < -0.3 is 15.0 Å². The summed E-state index contributed by atoms with van der Waals surface area (Å²) in [5, 5.41) is 3.76. The standard InChI is InChI=1S/C30H33ClN2O3/c1-22-10-5-6-13-24(22)20-33(29(34)21-36-27-17-9-14-25(31)19-27)28(18-23-11-3-2-4-12-23)30(35)32-26-15-7-8-16-26/h2-6,9-14,17,19,26,28H,7-8,15-16,18,20-21H2,1H3,(H,32,35). The SMILES string of the molecule is Cc1ccccc1CN(C(=O)COc1cccc(Cl)c1)C(Cc1ccccc1)C(=O)NC1CCCC1. The van der Waals surface area contributed by atoms with Gasteiger partial charge in [0.25, 0.3) is 5.91 Å². The summed E-state index contributed by atoms with van der Waals surface area (Å²) in [7, 11) is 0. The molecule has 0 spiro atoms. The lowest BCUT2D eigenvalue weighted by Gasteiger charge is -2.32. The molecule has 1 saturated carbocycles. The number of nitrogens with one attached hydrogen (secondary N) is 1. The zero-order valence-electron chi connectivity index (χ0n) is 20.7. The van der Waals surface area contributed by atoms with Crippen molar-refractivity contribution in [1.29, 1.82) is 0 Å². The number of aryl methyl sites for hydroxylation is 1. The molecule has 4 rings (SSSR count). The lowest BCUT2D eigenvalue weighted by molar-refractivity contribution is -0.143. The molecule has 36 heavy (non-hydrogen) atoms. The Balaban J connectivity index is 1.62. The Morgan fingerprint density at radius 1 is 1.00 bits per heavy atom. The number of halogens is 1. The predicted octanol–water partition coefficient (Wildman–Crippen LogP) is 5.73. The van der Waals surface area contributed by atoms with Crippen molar-refractivity contribution in [2.75, 3.05) is 6.61 Å². The third kappa shape index (κ3) is 7.11. The van der Waals surface area contributed by atoms with E-state index in [9.17, 15) is 9.59 Å². The number of hydrogen-bond acceptors (Lipinski definition) is 3. The molecular formula is C30H33ClN2O3. The van der Waals surface area contributed by atoms with Crippen molar-refractivity contribution in [2.45, 2.75) is 57.7 Å². The summed E-state index contributed by atoms with van der Waals surface area (Å²) in [4.78, 5) is 29.0. The minimum atomic E-state index is -0.664. The lowest BCUT2D eigenvalue weighted by Crippen LogP contribution is -2.53. The number of nitrogens with zero attached hydrogens (tertiary/aromatic N) is 1. The third-order valence-electron chi connectivity index (χ3n) is 6.73. The molecule has 3 aromatic rings. The quantitative estimate of drug-likeness (QED) is 0.384. The Morgan fingerprint density at radius 2 is 1.72 bits per heavy atom. The highest BCUT2D eigenvalue weighted by molar-refractivity contribution is 6.30. The van der Waals surface area contributed by atoms with E-state index in [2.05, 4.69) is 5.32 Å². The molecule has 1 atom stereocenters. The van der Waals surface area contributed by atoms with E-state index in [0.717, 1.165) is 42.4 Å². The van der Waals surface area contributed by atoms with Crippen molar-refractivity contribution in [2.24, 2.45) is 0 Å². The Hall–Kier alpha value is -3.31. The van der Waals surface area contributed by atoms with Gasteiger partial charge >= 0.3 is 0 Å². The number of hydrogen-bond donors (Lipinski definition) is 1. The van der Waals surface area contributed by atoms with Crippen molar-refractivity contribution >= 4 is 23.4 Å². The van der Waals surface area contributed by atoms with Crippen molar-refractivity contribution in [3.05, 3.63) is 101 Å². The van der Waals surface area contributed by atoms with Gasteiger partial charge in [-0.25, -0.2) is 0 Å². The molecule has 3 aromatic carbocycles. The van der Waals surface area contributed by atoms with Crippen molar-refractivity contribution in [3.8, 4) is 5.75 Å². The number of carbonyl (C=O) groups is 2. The van der Waals surface area contributed by atoms with Crippen LogP contribution < -0.4 is 10.1 Å². The van der Waals surface area contributed by atoms with Gasteiger partial charge in [0, 0.05) is 24.0 Å². The molecule has 0 bridgehead atoms.